The Balaban J connectivity index is 2.19. The van der Waals surface area contributed by atoms with Crippen molar-refractivity contribution in [2.45, 2.75) is 12.8 Å². The second kappa shape index (κ2) is 1.02. The molecule has 2 heteroatoms. The highest BCUT2D eigenvalue weighted by Gasteiger charge is 2.55. The summed E-state index contributed by atoms with van der Waals surface area (Å²) < 4.78 is 0. The van der Waals surface area contributed by atoms with Gasteiger partial charge in [0.05, 0.1) is 0 Å². The van der Waals surface area contributed by atoms with E-state index in [2.05, 4.69) is 0 Å². The molecule has 0 spiro atoms. The fraction of sp³-hybridized carbons (Fsp3) is 0.667. The van der Waals surface area contributed by atoms with E-state index >= 15 is 0 Å². The molecule has 42 valence electrons. The van der Waals surface area contributed by atoms with Gasteiger partial charge >= 0.3 is 0 Å². The molecule has 2 unspecified atom stereocenters. The molecular weight excluding hydrogens is 104 g/mol. The zero-order valence-electron chi connectivity index (χ0n) is 4.39. The Kier molecular flexibility index (Phi) is 0.539. The number of carbonyl (C=O) groups excluding carboxylic acids is 2. The minimum atomic E-state index is 0.169. The normalized spacial score (nSPS) is 42.5. The van der Waals surface area contributed by atoms with Crippen molar-refractivity contribution in [3.05, 3.63) is 0 Å². The van der Waals surface area contributed by atoms with Crippen LogP contribution in [-0.4, -0.2) is 11.6 Å². The number of carbonyl (C=O) groups is 2. The Morgan fingerprint density at radius 1 is 1.12 bits per heavy atom. The summed E-state index contributed by atoms with van der Waals surface area (Å²) in [5, 5.41) is 0. The van der Waals surface area contributed by atoms with E-state index in [1.54, 1.807) is 0 Å². The van der Waals surface area contributed by atoms with Gasteiger partial charge in [-0.05, 0) is 0 Å². The molecule has 2 saturated carbocycles. The van der Waals surface area contributed by atoms with Gasteiger partial charge in [0.1, 0.15) is 11.6 Å². The molecule has 0 amide bonds. The molecule has 2 fully saturated rings. The number of hydrogen-bond acceptors (Lipinski definition) is 2. The van der Waals surface area contributed by atoms with Crippen LogP contribution in [0.2, 0.25) is 0 Å². The van der Waals surface area contributed by atoms with Gasteiger partial charge in [0.25, 0.3) is 0 Å². The summed E-state index contributed by atoms with van der Waals surface area (Å²) in [4.78, 5) is 21.0. The third kappa shape index (κ3) is 0.335. The zero-order chi connectivity index (χ0) is 5.72. The monoisotopic (exact) mass is 110 g/mol. The predicted molar refractivity (Wildman–Crippen MR) is 26.2 cm³/mol. The van der Waals surface area contributed by atoms with Gasteiger partial charge < -0.3 is 0 Å². The molecule has 0 aliphatic heterocycles. The maximum Gasteiger partial charge on any atom is 0.141 e. The minimum absolute atomic E-state index is 0.169. The topological polar surface area (TPSA) is 34.1 Å². The van der Waals surface area contributed by atoms with Crippen LogP contribution in [0.1, 0.15) is 12.8 Å². The van der Waals surface area contributed by atoms with Gasteiger partial charge in [0.2, 0.25) is 0 Å². The van der Waals surface area contributed by atoms with Crippen molar-refractivity contribution in [1.82, 2.24) is 0 Å². The highest BCUT2D eigenvalue weighted by atomic mass is 16.2. The SMILES string of the molecule is O=C1CC2C(=O)C2C1. The second-order valence-electron chi connectivity index (χ2n) is 2.56. The average Bonchev–Trinajstić information content (AvgIpc) is 2.29. The first-order valence-corrected chi connectivity index (χ1v) is 2.84. The van der Waals surface area contributed by atoms with Crippen LogP contribution < -0.4 is 0 Å². The van der Waals surface area contributed by atoms with Gasteiger partial charge in [-0.2, -0.15) is 0 Å². The quantitative estimate of drug-likeness (QED) is 0.445. The number of hydrogen-bond donors (Lipinski definition) is 0. The van der Waals surface area contributed by atoms with Crippen LogP contribution in [0.15, 0.2) is 0 Å². The van der Waals surface area contributed by atoms with Gasteiger partial charge in [0, 0.05) is 24.7 Å². The van der Waals surface area contributed by atoms with Crippen molar-refractivity contribution < 1.29 is 9.59 Å². The molecule has 0 heterocycles. The fourth-order valence-electron chi connectivity index (χ4n) is 1.41. The lowest BCUT2D eigenvalue weighted by Crippen LogP contribution is -1.95. The van der Waals surface area contributed by atoms with E-state index in [4.69, 9.17) is 0 Å². The van der Waals surface area contributed by atoms with Crippen molar-refractivity contribution in [2.75, 3.05) is 0 Å². The lowest BCUT2D eigenvalue weighted by Gasteiger charge is -1.82. The van der Waals surface area contributed by atoms with Crippen LogP contribution >= 0.6 is 0 Å². The maximum atomic E-state index is 10.5. The number of Topliss-reactive ketones (excluding diaryl/α,β-unsaturated/α-hetero) is 2. The predicted octanol–water partition coefficient (Wildman–Crippen LogP) is 0.164. The third-order valence-corrected chi connectivity index (χ3v) is 2.00. The van der Waals surface area contributed by atoms with E-state index in [1.807, 2.05) is 0 Å². The molecule has 0 radical (unpaired) electrons. The summed E-state index contributed by atoms with van der Waals surface area (Å²) in [6.07, 6.45) is 1.09. The minimum Gasteiger partial charge on any atom is -0.300 e. The molecule has 0 bridgehead atoms. The molecule has 0 aromatic heterocycles. The molecule has 2 nitrogen and oxygen atoms in total. The summed E-state index contributed by atoms with van der Waals surface area (Å²) in [7, 11) is 0. The molecule has 8 heavy (non-hydrogen) atoms. The van der Waals surface area contributed by atoms with Crippen LogP contribution in [0.25, 0.3) is 0 Å². The van der Waals surface area contributed by atoms with Gasteiger partial charge in [-0.25, -0.2) is 0 Å². The molecular formula is C6H6O2. The molecule has 0 N–H and O–H groups in total. The van der Waals surface area contributed by atoms with Crippen LogP contribution in [0.5, 0.6) is 0 Å². The Morgan fingerprint density at radius 3 is 2.00 bits per heavy atom. The van der Waals surface area contributed by atoms with E-state index in [9.17, 15) is 9.59 Å². The Morgan fingerprint density at radius 2 is 1.62 bits per heavy atom. The van der Waals surface area contributed by atoms with E-state index in [0.29, 0.717) is 18.6 Å². The Labute approximate surface area is 46.9 Å². The van der Waals surface area contributed by atoms with Crippen LogP contribution in [-0.2, 0) is 9.59 Å². The van der Waals surface area contributed by atoms with E-state index in [1.165, 1.54) is 0 Å². The summed E-state index contributed by atoms with van der Waals surface area (Å²) in [6.45, 7) is 0. The summed E-state index contributed by atoms with van der Waals surface area (Å²) in [5.74, 6) is 0.939. The summed E-state index contributed by atoms with van der Waals surface area (Å²) >= 11 is 0. The van der Waals surface area contributed by atoms with E-state index < -0.39 is 0 Å². The van der Waals surface area contributed by atoms with E-state index in [-0.39, 0.29) is 17.6 Å². The van der Waals surface area contributed by atoms with Crippen LogP contribution in [0, 0.1) is 11.8 Å². The number of rotatable bonds is 0. The van der Waals surface area contributed by atoms with Crippen molar-refractivity contribution in [1.29, 1.82) is 0 Å². The van der Waals surface area contributed by atoms with Crippen LogP contribution in [0.3, 0.4) is 0 Å². The largest absolute Gasteiger partial charge is 0.300 e. The third-order valence-electron chi connectivity index (χ3n) is 2.00. The van der Waals surface area contributed by atoms with Crippen molar-refractivity contribution in [3.8, 4) is 0 Å². The lowest BCUT2D eigenvalue weighted by atomic mass is 10.2. The zero-order valence-corrected chi connectivity index (χ0v) is 4.39. The summed E-state index contributed by atoms with van der Waals surface area (Å²) in [6, 6.07) is 0. The highest BCUT2D eigenvalue weighted by molar-refractivity contribution is 6.09. The van der Waals surface area contributed by atoms with Crippen molar-refractivity contribution in [3.63, 3.8) is 0 Å². The maximum absolute atomic E-state index is 10.5. The molecule has 2 aliphatic rings. The lowest BCUT2D eigenvalue weighted by molar-refractivity contribution is -0.122. The molecule has 0 aromatic rings. The average molecular weight is 110 g/mol. The molecule has 2 atom stereocenters. The molecule has 2 aliphatic carbocycles. The van der Waals surface area contributed by atoms with Gasteiger partial charge in [-0.15, -0.1) is 0 Å². The first kappa shape index (κ1) is 4.24. The smallest absolute Gasteiger partial charge is 0.141 e. The van der Waals surface area contributed by atoms with Crippen LogP contribution in [0.4, 0.5) is 0 Å². The first-order valence-electron chi connectivity index (χ1n) is 2.84. The second-order valence-corrected chi connectivity index (χ2v) is 2.56. The van der Waals surface area contributed by atoms with Crippen molar-refractivity contribution >= 4 is 11.6 Å². The van der Waals surface area contributed by atoms with Gasteiger partial charge in [-0.3, -0.25) is 9.59 Å². The Hall–Kier alpha value is -0.660. The molecule has 0 aromatic carbocycles. The fourth-order valence-corrected chi connectivity index (χ4v) is 1.41. The number of fused-ring (bicyclic) bond motifs is 1. The molecule has 2 rings (SSSR count). The first-order chi connectivity index (χ1) is 3.79. The Bertz CT molecular complexity index is 153. The standard InChI is InChI=1S/C6H6O2/c7-3-1-4-5(2-3)6(4)8/h4-5H,1-2H2. The van der Waals surface area contributed by atoms with Gasteiger partial charge in [0.15, 0.2) is 0 Å². The highest BCUT2D eigenvalue weighted by Crippen LogP contribution is 2.45. The van der Waals surface area contributed by atoms with E-state index in [0.717, 1.165) is 0 Å². The number of ketones is 2. The molecule has 0 saturated heterocycles. The van der Waals surface area contributed by atoms with Gasteiger partial charge in [-0.1, -0.05) is 0 Å². The summed E-state index contributed by atoms with van der Waals surface area (Å²) in [5.41, 5.74) is 0. The van der Waals surface area contributed by atoms with Crippen molar-refractivity contribution in [2.24, 2.45) is 11.8 Å².